The smallest absolute Gasteiger partial charge is 0.265 e. The molecule has 134 valence electrons. The van der Waals surface area contributed by atoms with E-state index in [0.717, 1.165) is 29.5 Å². The van der Waals surface area contributed by atoms with Crippen LogP contribution < -0.4 is 9.46 Å². The Bertz CT molecular complexity index is 999. The standard InChI is InChI=1S/C18H17N3O3S2/c1-24-16-4-2-3-5-17(16)26(22,23)20-14-8-6-13(7-9-14)15-12-25-18-19-10-11-21(15)18/h2-9,12,20H,10-11H2,1H3. The van der Waals surface area contributed by atoms with E-state index in [4.69, 9.17) is 4.74 Å². The summed E-state index contributed by atoms with van der Waals surface area (Å²) in [7, 11) is -2.27. The van der Waals surface area contributed by atoms with Crippen LogP contribution >= 0.6 is 11.8 Å². The molecule has 2 aliphatic heterocycles. The minimum Gasteiger partial charge on any atom is -0.495 e. The van der Waals surface area contributed by atoms with Gasteiger partial charge in [0.2, 0.25) is 0 Å². The number of anilines is 1. The Morgan fingerprint density at radius 3 is 2.69 bits per heavy atom. The van der Waals surface area contributed by atoms with Crippen LogP contribution in [0.3, 0.4) is 0 Å². The van der Waals surface area contributed by atoms with Gasteiger partial charge in [-0.15, -0.1) is 0 Å². The molecule has 0 bridgehead atoms. The number of hydrogen-bond donors (Lipinski definition) is 1. The molecule has 2 aromatic carbocycles. The van der Waals surface area contributed by atoms with E-state index < -0.39 is 10.0 Å². The van der Waals surface area contributed by atoms with Crippen LogP contribution in [0.2, 0.25) is 0 Å². The minimum absolute atomic E-state index is 0.111. The first-order valence-electron chi connectivity index (χ1n) is 8.03. The maximum Gasteiger partial charge on any atom is 0.265 e. The van der Waals surface area contributed by atoms with Gasteiger partial charge in [-0.1, -0.05) is 36.0 Å². The van der Waals surface area contributed by atoms with Crippen molar-refractivity contribution >= 4 is 38.3 Å². The van der Waals surface area contributed by atoms with Gasteiger partial charge in [-0.2, -0.15) is 0 Å². The van der Waals surface area contributed by atoms with Crippen molar-refractivity contribution in [1.82, 2.24) is 4.90 Å². The molecule has 2 aliphatic rings. The lowest BCUT2D eigenvalue weighted by Crippen LogP contribution is -2.19. The van der Waals surface area contributed by atoms with Crippen molar-refractivity contribution in [2.75, 3.05) is 24.9 Å². The number of thioether (sulfide) groups is 1. The number of aliphatic imine (C=N–C) groups is 1. The van der Waals surface area contributed by atoms with Gasteiger partial charge in [0.05, 0.1) is 19.4 Å². The molecule has 0 aromatic heterocycles. The van der Waals surface area contributed by atoms with E-state index in [2.05, 4.69) is 20.0 Å². The number of fused-ring (bicyclic) bond motifs is 1. The average molecular weight is 387 g/mol. The van der Waals surface area contributed by atoms with Crippen molar-refractivity contribution in [3.8, 4) is 5.75 Å². The summed E-state index contributed by atoms with van der Waals surface area (Å²) >= 11 is 1.62. The van der Waals surface area contributed by atoms with Gasteiger partial charge in [-0.3, -0.25) is 9.71 Å². The van der Waals surface area contributed by atoms with Crippen molar-refractivity contribution in [1.29, 1.82) is 0 Å². The van der Waals surface area contributed by atoms with E-state index in [-0.39, 0.29) is 4.90 Å². The molecule has 0 spiro atoms. The summed E-state index contributed by atoms with van der Waals surface area (Å²) in [6.45, 7) is 1.70. The molecular weight excluding hydrogens is 370 g/mol. The van der Waals surface area contributed by atoms with Gasteiger partial charge >= 0.3 is 0 Å². The fourth-order valence-electron chi connectivity index (χ4n) is 2.91. The number of ether oxygens (including phenoxy) is 1. The summed E-state index contributed by atoms with van der Waals surface area (Å²) in [4.78, 5) is 6.73. The first kappa shape index (κ1) is 17.0. The van der Waals surface area contributed by atoms with Crippen molar-refractivity contribution in [2.24, 2.45) is 4.99 Å². The fourth-order valence-corrected chi connectivity index (χ4v) is 5.10. The number of hydrogen-bond acceptors (Lipinski definition) is 6. The Kier molecular flexibility index (Phi) is 4.37. The Balaban J connectivity index is 1.55. The molecule has 26 heavy (non-hydrogen) atoms. The SMILES string of the molecule is COc1ccccc1S(=O)(=O)Nc1ccc(C2=CSC3=NCCN23)cc1. The Morgan fingerprint density at radius 1 is 1.15 bits per heavy atom. The van der Waals surface area contributed by atoms with E-state index in [1.165, 1.54) is 13.2 Å². The van der Waals surface area contributed by atoms with Crippen LogP contribution in [0.15, 0.2) is 63.8 Å². The Hall–Kier alpha value is -2.45. The Morgan fingerprint density at radius 2 is 1.92 bits per heavy atom. The highest BCUT2D eigenvalue weighted by molar-refractivity contribution is 8.16. The van der Waals surface area contributed by atoms with Crippen molar-refractivity contribution < 1.29 is 13.2 Å². The van der Waals surface area contributed by atoms with E-state index in [1.807, 2.05) is 12.1 Å². The van der Waals surface area contributed by atoms with E-state index in [1.54, 1.807) is 42.1 Å². The quantitative estimate of drug-likeness (QED) is 0.853. The largest absolute Gasteiger partial charge is 0.495 e. The number of amidine groups is 1. The summed E-state index contributed by atoms with van der Waals surface area (Å²) in [6.07, 6.45) is 0. The number of rotatable bonds is 5. The van der Waals surface area contributed by atoms with E-state index in [0.29, 0.717) is 11.4 Å². The second kappa shape index (κ2) is 6.69. The van der Waals surface area contributed by atoms with Crippen LogP contribution in [0.4, 0.5) is 5.69 Å². The molecular formula is C18H17N3O3S2. The molecule has 0 unspecified atom stereocenters. The van der Waals surface area contributed by atoms with Crippen LogP contribution in [0.25, 0.3) is 5.70 Å². The summed E-state index contributed by atoms with van der Waals surface area (Å²) in [5, 5.41) is 3.10. The van der Waals surface area contributed by atoms with Gasteiger partial charge in [0, 0.05) is 17.6 Å². The zero-order valence-corrected chi connectivity index (χ0v) is 15.7. The molecule has 2 aromatic rings. The van der Waals surface area contributed by atoms with Gasteiger partial charge in [-0.25, -0.2) is 8.42 Å². The number of nitrogens with zero attached hydrogens (tertiary/aromatic N) is 2. The lowest BCUT2D eigenvalue weighted by atomic mass is 10.1. The lowest BCUT2D eigenvalue weighted by molar-refractivity contribution is 0.403. The number of sulfonamides is 1. The van der Waals surface area contributed by atoms with Gasteiger partial charge in [0.25, 0.3) is 10.0 Å². The monoisotopic (exact) mass is 387 g/mol. The highest BCUT2D eigenvalue weighted by Gasteiger charge is 2.27. The van der Waals surface area contributed by atoms with Gasteiger partial charge in [0.1, 0.15) is 10.6 Å². The Labute approximate surface area is 156 Å². The first-order chi connectivity index (χ1) is 12.6. The maximum atomic E-state index is 12.6. The molecule has 6 nitrogen and oxygen atoms in total. The van der Waals surface area contributed by atoms with Crippen LogP contribution in [-0.2, 0) is 10.0 Å². The first-order valence-corrected chi connectivity index (χ1v) is 10.4. The molecule has 0 aliphatic carbocycles. The molecule has 0 amide bonds. The van der Waals surface area contributed by atoms with Crippen molar-refractivity contribution in [3.63, 3.8) is 0 Å². The predicted octanol–water partition coefficient (Wildman–Crippen LogP) is 3.21. The third-order valence-corrected chi connectivity index (χ3v) is 6.48. The molecule has 0 atom stereocenters. The molecule has 8 heteroatoms. The highest BCUT2D eigenvalue weighted by Crippen LogP contribution is 2.35. The molecule has 0 saturated heterocycles. The zero-order chi connectivity index (χ0) is 18.1. The summed E-state index contributed by atoms with van der Waals surface area (Å²) in [5.41, 5.74) is 2.64. The maximum absolute atomic E-state index is 12.6. The molecule has 4 rings (SSSR count). The topological polar surface area (TPSA) is 71.0 Å². The molecule has 0 saturated carbocycles. The molecule has 2 heterocycles. The van der Waals surface area contributed by atoms with Crippen molar-refractivity contribution in [2.45, 2.75) is 4.90 Å². The lowest BCUT2D eigenvalue weighted by Gasteiger charge is -2.17. The van der Waals surface area contributed by atoms with Crippen LogP contribution in [0.5, 0.6) is 5.75 Å². The number of methoxy groups -OCH3 is 1. The van der Waals surface area contributed by atoms with Crippen molar-refractivity contribution in [3.05, 3.63) is 59.5 Å². The third-order valence-electron chi connectivity index (χ3n) is 4.16. The van der Waals surface area contributed by atoms with Crippen LogP contribution in [-0.4, -0.2) is 38.7 Å². The number of para-hydroxylation sites is 1. The van der Waals surface area contributed by atoms with Crippen LogP contribution in [0.1, 0.15) is 5.56 Å². The molecule has 0 radical (unpaired) electrons. The summed E-state index contributed by atoms with van der Waals surface area (Å²) in [5.74, 6) is 0.311. The summed E-state index contributed by atoms with van der Waals surface area (Å²) < 4.78 is 33.0. The van der Waals surface area contributed by atoms with Gasteiger partial charge < -0.3 is 9.64 Å². The third kappa shape index (κ3) is 3.06. The van der Waals surface area contributed by atoms with E-state index in [9.17, 15) is 8.42 Å². The predicted molar refractivity (Wildman–Crippen MR) is 105 cm³/mol. The fraction of sp³-hybridized carbons (Fsp3) is 0.167. The summed E-state index contributed by atoms with van der Waals surface area (Å²) in [6, 6.07) is 13.9. The highest BCUT2D eigenvalue weighted by atomic mass is 32.2. The van der Waals surface area contributed by atoms with Gasteiger partial charge in [0.15, 0.2) is 5.17 Å². The second-order valence-corrected chi connectivity index (χ2v) is 8.26. The minimum atomic E-state index is -3.73. The normalized spacial score (nSPS) is 16.1. The molecule has 1 N–H and O–H groups in total. The van der Waals surface area contributed by atoms with Crippen LogP contribution in [0, 0.1) is 0 Å². The van der Waals surface area contributed by atoms with Gasteiger partial charge in [-0.05, 0) is 29.8 Å². The number of nitrogens with one attached hydrogen (secondary N) is 1. The second-order valence-electron chi connectivity index (χ2n) is 5.77. The average Bonchev–Trinajstić information content (AvgIpc) is 3.26. The zero-order valence-electron chi connectivity index (χ0n) is 14.0. The van der Waals surface area contributed by atoms with E-state index >= 15 is 0 Å². The molecule has 0 fully saturated rings. The number of benzene rings is 2.